The molecule has 1 fully saturated rings. The zero-order chi connectivity index (χ0) is 25.7. The van der Waals surface area contributed by atoms with Crippen molar-refractivity contribution in [2.45, 2.75) is 19.3 Å². The number of benzene rings is 2. The molecule has 4 rings (SSSR count). The number of nitro benzene ring substituents is 1. The van der Waals surface area contributed by atoms with E-state index in [4.69, 9.17) is 11.6 Å². The Morgan fingerprint density at radius 3 is 2.44 bits per heavy atom. The molecule has 2 heterocycles. The fraction of sp³-hybridized carbons (Fsp3) is 0.261. The number of nitrogens with zero attached hydrogens (tertiary/aromatic N) is 5. The Bertz CT molecular complexity index is 1280. The molecule has 36 heavy (non-hydrogen) atoms. The summed E-state index contributed by atoms with van der Waals surface area (Å²) in [5, 5.41) is 22.9. The molecule has 3 aromatic rings. The molecule has 1 aliphatic heterocycles. The Kier molecular flexibility index (Phi) is 7.54. The van der Waals surface area contributed by atoms with Crippen LogP contribution < -0.4 is 15.8 Å². The summed E-state index contributed by atoms with van der Waals surface area (Å²) in [4.78, 5) is 44.1. The van der Waals surface area contributed by atoms with Gasteiger partial charge in [0.25, 0.3) is 11.6 Å². The summed E-state index contributed by atoms with van der Waals surface area (Å²) in [7, 11) is 0. The van der Waals surface area contributed by atoms with Crippen LogP contribution in [0.15, 0.2) is 54.9 Å². The van der Waals surface area contributed by atoms with Crippen molar-refractivity contribution in [2.75, 3.05) is 23.4 Å². The summed E-state index contributed by atoms with van der Waals surface area (Å²) in [6.07, 6.45) is 3.83. The van der Waals surface area contributed by atoms with E-state index in [0.717, 1.165) is 25.3 Å². The van der Waals surface area contributed by atoms with Crippen molar-refractivity contribution < 1.29 is 14.6 Å². The van der Waals surface area contributed by atoms with Gasteiger partial charge in [0.05, 0.1) is 9.85 Å². The number of halogens is 1. The molecule has 0 saturated carbocycles. The van der Waals surface area contributed by atoms with Crippen LogP contribution in [0.3, 0.4) is 0 Å². The minimum atomic E-state index is -0.758. The number of hydrogen-bond donors (Lipinski definition) is 2. The molecular formula is C23H22ClN7O5. The molecule has 12 nitrogen and oxygen atoms in total. The van der Waals surface area contributed by atoms with Crippen LogP contribution >= 0.6 is 11.6 Å². The van der Waals surface area contributed by atoms with Crippen LogP contribution in [0.5, 0.6) is 0 Å². The fourth-order valence-corrected chi connectivity index (χ4v) is 4.33. The first kappa shape index (κ1) is 24.8. The predicted molar refractivity (Wildman–Crippen MR) is 133 cm³/mol. The van der Waals surface area contributed by atoms with Crippen molar-refractivity contribution in [1.82, 2.24) is 15.4 Å². The third-order valence-electron chi connectivity index (χ3n) is 5.97. The zero-order valence-corrected chi connectivity index (χ0v) is 19.7. The summed E-state index contributed by atoms with van der Waals surface area (Å²) in [5.74, 6) is -0.337. The van der Waals surface area contributed by atoms with Crippen molar-refractivity contribution in [2.24, 2.45) is 5.92 Å². The lowest BCUT2D eigenvalue weighted by Gasteiger charge is -2.32. The lowest BCUT2D eigenvalue weighted by molar-refractivity contribution is -0.384. The van der Waals surface area contributed by atoms with Crippen LogP contribution in [0.4, 0.5) is 23.0 Å². The first-order valence-corrected chi connectivity index (χ1v) is 11.5. The third kappa shape index (κ3) is 5.66. The summed E-state index contributed by atoms with van der Waals surface area (Å²) < 4.78 is 0. The highest BCUT2D eigenvalue weighted by Gasteiger charge is 2.30. The Hall–Kier alpha value is -4.32. The van der Waals surface area contributed by atoms with E-state index in [1.165, 1.54) is 24.0 Å². The Balaban J connectivity index is 1.45. The van der Waals surface area contributed by atoms with E-state index in [1.807, 2.05) is 23.1 Å². The van der Waals surface area contributed by atoms with Crippen molar-refractivity contribution >= 4 is 40.5 Å². The lowest BCUT2D eigenvalue weighted by atomic mass is 9.90. The molecule has 1 aliphatic rings. The lowest BCUT2D eigenvalue weighted by Crippen LogP contribution is -2.36. The number of anilines is 2. The maximum Gasteiger partial charge on any atom is 0.355 e. The SMILES string of the molecule is O=C(NNc1ncnc(N2CCC(Cc3ccccc3)CC2)c1[N+](=O)[O-])c1ccc(Cl)c([N+](=O)[O-])c1. The molecule has 2 aromatic carbocycles. The van der Waals surface area contributed by atoms with E-state index in [0.29, 0.717) is 19.0 Å². The molecule has 186 valence electrons. The number of hydrogen-bond acceptors (Lipinski definition) is 9. The number of piperidine rings is 1. The number of rotatable bonds is 8. The molecule has 1 saturated heterocycles. The van der Waals surface area contributed by atoms with Gasteiger partial charge in [0.1, 0.15) is 11.3 Å². The second kappa shape index (κ2) is 11.0. The van der Waals surface area contributed by atoms with Gasteiger partial charge in [-0.1, -0.05) is 41.9 Å². The molecule has 1 amide bonds. The van der Waals surface area contributed by atoms with Gasteiger partial charge < -0.3 is 4.90 Å². The van der Waals surface area contributed by atoms with Crippen molar-refractivity contribution in [3.05, 3.63) is 91.2 Å². The summed E-state index contributed by atoms with van der Waals surface area (Å²) >= 11 is 5.78. The number of aromatic nitrogens is 2. The second-order valence-corrected chi connectivity index (χ2v) is 8.68. The molecule has 1 aromatic heterocycles. The molecule has 0 bridgehead atoms. The van der Waals surface area contributed by atoms with Crippen LogP contribution in [0.25, 0.3) is 0 Å². The average Bonchev–Trinajstić information content (AvgIpc) is 2.88. The maximum atomic E-state index is 12.5. The summed E-state index contributed by atoms with van der Waals surface area (Å²) in [6.45, 7) is 1.19. The molecule has 2 N–H and O–H groups in total. The maximum absolute atomic E-state index is 12.5. The van der Waals surface area contributed by atoms with Crippen molar-refractivity contribution in [3.8, 4) is 0 Å². The third-order valence-corrected chi connectivity index (χ3v) is 6.29. The molecular weight excluding hydrogens is 490 g/mol. The minimum absolute atomic E-state index is 0.0592. The number of hydrazine groups is 1. The standard InChI is InChI=1S/C23H22ClN7O5/c24-18-7-6-17(13-19(18)30(33)34)23(32)28-27-21-20(31(35)36)22(26-14-25-21)29-10-8-16(9-11-29)12-15-4-2-1-3-5-15/h1-7,13-14,16H,8-12H2,(H,28,32)(H,25,26,27). The Labute approximate surface area is 210 Å². The normalized spacial score (nSPS) is 13.8. The van der Waals surface area contributed by atoms with Crippen LogP contribution in [-0.2, 0) is 6.42 Å². The highest BCUT2D eigenvalue weighted by Crippen LogP contribution is 2.34. The number of carbonyl (C=O) groups is 1. The van der Waals surface area contributed by atoms with Gasteiger partial charge in [-0.05, 0) is 42.9 Å². The number of nitrogens with one attached hydrogen (secondary N) is 2. The van der Waals surface area contributed by atoms with Gasteiger partial charge in [-0.3, -0.25) is 35.9 Å². The van der Waals surface area contributed by atoms with Crippen LogP contribution in [0, 0.1) is 26.1 Å². The number of nitro groups is 2. The van der Waals surface area contributed by atoms with Crippen LogP contribution in [0.2, 0.25) is 5.02 Å². The van der Waals surface area contributed by atoms with E-state index in [2.05, 4.69) is 33.0 Å². The monoisotopic (exact) mass is 511 g/mol. The van der Waals surface area contributed by atoms with Gasteiger partial charge in [0, 0.05) is 24.7 Å². The topological polar surface area (TPSA) is 156 Å². The van der Waals surface area contributed by atoms with Crippen molar-refractivity contribution in [1.29, 1.82) is 0 Å². The molecule has 13 heteroatoms. The highest BCUT2D eigenvalue weighted by molar-refractivity contribution is 6.32. The first-order chi connectivity index (χ1) is 17.3. The molecule has 0 spiro atoms. The van der Waals surface area contributed by atoms with Gasteiger partial charge in [0.2, 0.25) is 11.6 Å². The van der Waals surface area contributed by atoms with E-state index < -0.39 is 21.4 Å². The molecule has 0 aliphatic carbocycles. The van der Waals surface area contributed by atoms with Gasteiger partial charge in [-0.25, -0.2) is 9.97 Å². The first-order valence-electron chi connectivity index (χ1n) is 11.1. The van der Waals surface area contributed by atoms with Crippen LogP contribution in [0.1, 0.15) is 28.8 Å². The fourth-order valence-electron chi connectivity index (χ4n) is 4.14. The average molecular weight is 512 g/mol. The van der Waals surface area contributed by atoms with Crippen LogP contribution in [-0.4, -0.2) is 38.8 Å². The highest BCUT2D eigenvalue weighted by atomic mass is 35.5. The molecule has 0 unspecified atom stereocenters. The van der Waals surface area contributed by atoms with Crippen molar-refractivity contribution in [3.63, 3.8) is 0 Å². The van der Waals surface area contributed by atoms with E-state index in [-0.39, 0.29) is 27.9 Å². The number of amides is 1. The largest absolute Gasteiger partial charge is 0.355 e. The molecule has 0 atom stereocenters. The summed E-state index contributed by atoms with van der Waals surface area (Å²) in [6, 6.07) is 13.7. The second-order valence-electron chi connectivity index (χ2n) is 8.27. The quantitative estimate of drug-likeness (QED) is 0.334. The van der Waals surface area contributed by atoms with Gasteiger partial charge in [-0.15, -0.1) is 0 Å². The smallest absolute Gasteiger partial charge is 0.351 e. The Morgan fingerprint density at radius 1 is 1.06 bits per heavy atom. The predicted octanol–water partition coefficient (Wildman–Crippen LogP) is 4.16. The van der Waals surface area contributed by atoms with E-state index >= 15 is 0 Å². The zero-order valence-electron chi connectivity index (χ0n) is 19.0. The summed E-state index contributed by atoms with van der Waals surface area (Å²) in [5.41, 5.74) is 5.14. The van der Waals surface area contributed by atoms with E-state index in [1.54, 1.807) is 0 Å². The van der Waals surface area contributed by atoms with Gasteiger partial charge in [-0.2, -0.15) is 0 Å². The van der Waals surface area contributed by atoms with E-state index in [9.17, 15) is 25.0 Å². The Morgan fingerprint density at radius 2 is 1.78 bits per heavy atom. The molecule has 0 radical (unpaired) electrons. The number of carbonyl (C=O) groups excluding carboxylic acids is 1. The minimum Gasteiger partial charge on any atom is -0.351 e. The van der Waals surface area contributed by atoms with Gasteiger partial charge >= 0.3 is 5.69 Å². The van der Waals surface area contributed by atoms with Gasteiger partial charge in [0.15, 0.2) is 0 Å².